The predicted molar refractivity (Wildman–Crippen MR) is 34.9 cm³/mol. The summed E-state index contributed by atoms with van der Waals surface area (Å²) in [5.41, 5.74) is 0. The molecule has 0 aliphatic carbocycles. The van der Waals surface area contributed by atoms with Gasteiger partial charge in [0, 0.05) is 20.0 Å². The van der Waals surface area contributed by atoms with E-state index in [0.717, 1.165) is 13.1 Å². The number of hydrogen-bond acceptors (Lipinski definition) is 2. The number of nitrogens with zero attached hydrogens (tertiary/aromatic N) is 1. The van der Waals surface area contributed by atoms with Crippen molar-refractivity contribution in [2.24, 2.45) is 0 Å². The van der Waals surface area contributed by atoms with Crippen LogP contribution in [0.5, 0.6) is 0 Å². The normalized spacial score (nSPS) is 26.9. The topological polar surface area (TPSA) is 32.3 Å². The van der Waals surface area contributed by atoms with Gasteiger partial charge in [-0.15, -0.1) is 0 Å². The number of hydrogen-bond donors (Lipinski definition) is 1. The van der Waals surface area contributed by atoms with Crippen LogP contribution < -0.4 is 5.32 Å². The third-order valence-corrected chi connectivity index (χ3v) is 1.66. The van der Waals surface area contributed by atoms with Gasteiger partial charge in [0.15, 0.2) is 0 Å². The van der Waals surface area contributed by atoms with Crippen molar-refractivity contribution in [2.75, 3.05) is 13.1 Å². The fraction of sp³-hybridized carbons (Fsp3) is 0.833. The summed E-state index contributed by atoms with van der Waals surface area (Å²) >= 11 is 0. The first-order chi connectivity index (χ1) is 4.22. The van der Waals surface area contributed by atoms with E-state index in [1.807, 2.05) is 11.8 Å². The third-order valence-electron chi connectivity index (χ3n) is 1.66. The lowest BCUT2D eigenvalue weighted by atomic mass is 10.5. The van der Waals surface area contributed by atoms with Crippen LogP contribution in [0.4, 0.5) is 0 Å². The van der Waals surface area contributed by atoms with Gasteiger partial charge in [0.1, 0.15) is 0 Å². The first kappa shape index (κ1) is 6.55. The summed E-state index contributed by atoms with van der Waals surface area (Å²) in [5, 5.41) is 3.16. The number of nitrogens with one attached hydrogen (secondary N) is 1. The van der Waals surface area contributed by atoms with Gasteiger partial charge < -0.3 is 4.90 Å². The lowest BCUT2D eigenvalue weighted by Gasteiger charge is -2.17. The van der Waals surface area contributed by atoms with Crippen molar-refractivity contribution in [1.82, 2.24) is 10.2 Å². The first-order valence-corrected chi connectivity index (χ1v) is 3.22. The Morgan fingerprint density at radius 3 is 2.67 bits per heavy atom. The number of carbonyl (C=O) groups excluding carboxylic acids is 1. The maximum atomic E-state index is 10.7. The molecule has 1 fully saturated rings. The molecular formula is C6H12N2O. The third kappa shape index (κ3) is 1.21. The van der Waals surface area contributed by atoms with E-state index in [-0.39, 0.29) is 12.1 Å². The SMILES string of the molecule is CC(=O)N1CCNC1C. The Morgan fingerprint density at radius 1 is 1.78 bits per heavy atom. The Kier molecular flexibility index (Phi) is 1.71. The van der Waals surface area contributed by atoms with E-state index in [1.165, 1.54) is 0 Å². The minimum Gasteiger partial charge on any atom is -0.326 e. The van der Waals surface area contributed by atoms with Gasteiger partial charge in [-0.3, -0.25) is 10.1 Å². The molecule has 0 saturated carbocycles. The van der Waals surface area contributed by atoms with E-state index in [1.54, 1.807) is 6.92 Å². The fourth-order valence-corrected chi connectivity index (χ4v) is 1.13. The summed E-state index contributed by atoms with van der Waals surface area (Å²) in [7, 11) is 0. The molecule has 1 aliphatic heterocycles. The lowest BCUT2D eigenvalue weighted by molar-refractivity contribution is -0.129. The molecule has 52 valence electrons. The summed E-state index contributed by atoms with van der Waals surface area (Å²) in [5.74, 6) is 0.160. The fourth-order valence-electron chi connectivity index (χ4n) is 1.13. The van der Waals surface area contributed by atoms with Crippen molar-refractivity contribution in [3.63, 3.8) is 0 Å². The lowest BCUT2D eigenvalue weighted by Crippen LogP contribution is -2.35. The van der Waals surface area contributed by atoms with Gasteiger partial charge in [-0.25, -0.2) is 0 Å². The standard InChI is InChI=1S/C6H12N2O/c1-5-7-3-4-8(5)6(2)9/h5,7H,3-4H2,1-2H3. The minimum atomic E-state index is 0.160. The van der Waals surface area contributed by atoms with E-state index in [2.05, 4.69) is 5.32 Å². The van der Waals surface area contributed by atoms with Gasteiger partial charge in [0.05, 0.1) is 6.17 Å². The molecule has 9 heavy (non-hydrogen) atoms. The van der Waals surface area contributed by atoms with Crippen molar-refractivity contribution in [1.29, 1.82) is 0 Å². The summed E-state index contributed by atoms with van der Waals surface area (Å²) in [4.78, 5) is 12.6. The Hall–Kier alpha value is -0.570. The molecule has 0 spiro atoms. The summed E-state index contributed by atoms with van der Waals surface area (Å²) < 4.78 is 0. The largest absolute Gasteiger partial charge is 0.326 e. The molecule has 0 aromatic heterocycles. The molecule has 0 aromatic rings. The zero-order valence-electron chi connectivity index (χ0n) is 5.85. The van der Waals surface area contributed by atoms with Crippen molar-refractivity contribution in [3.8, 4) is 0 Å². The second-order valence-corrected chi connectivity index (χ2v) is 2.34. The van der Waals surface area contributed by atoms with Crippen LogP contribution in [0.1, 0.15) is 13.8 Å². The van der Waals surface area contributed by atoms with Crippen LogP contribution in [0.25, 0.3) is 0 Å². The first-order valence-electron chi connectivity index (χ1n) is 3.22. The van der Waals surface area contributed by atoms with Gasteiger partial charge in [-0.05, 0) is 6.92 Å². The number of amides is 1. The molecule has 3 nitrogen and oxygen atoms in total. The Bertz CT molecular complexity index is 124. The molecular weight excluding hydrogens is 116 g/mol. The molecule has 0 radical (unpaired) electrons. The van der Waals surface area contributed by atoms with Gasteiger partial charge in [0.2, 0.25) is 5.91 Å². The van der Waals surface area contributed by atoms with Gasteiger partial charge in [0.25, 0.3) is 0 Å². The average molecular weight is 128 g/mol. The van der Waals surface area contributed by atoms with Crippen LogP contribution in [0, 0.1) is 0 Å². The Morgan fingerprint density at radius 2 is 2.44 bits per heavy atom. The molecule has 1 rings (SSSR count). The van der Waals surface area contributed by atoms with Crippen molar-refractivity contribution >= 4 is 5.91 Å². The molecule has 0 aromatic carbocycles. The van der Waals surface area contributed by atoms with Crippen LogP contribution in [-0.4, -0.2) is 30.1 Å². The van der Waals surface area contributed by atoms with Gasteiger partial charge >= 0.3 is 0 Å². The molecule has 3 heteroatoms. The molecule has 0 bridgehead atoms. The molecule has 1 aliphatic rings. The predicted octanol–water partition coefficient (Wildman–Crippen LogP) is -0.216. The molecule has 1 N–H and O–H groups in total. The van der Waals surface area contributed by atoms with Crippen LogP contribution in [0.3, 0.4) is 0 Å². The maximum absolute atomic E-state index is 10.7. The van der Waals surface area contributed by atoms with Crippen molar-refractivity contribution in [2.45, 2.75) is 20.0 Å². The number of rotatable bonds is 0. The molecule has 1 heterocycles. The van der Waals surface area contributed by atoms with Crippen LogP contribution >= 0.6 is 0 Å². The summed E-state index contributed by atoms with van der Waals surface area (Å²) in [6, 6.07) is 0. The highest BCUT2D eigenvalue weighted by atomic mass is 16.2. The number of carbonyl (C=O) groups is 1. The van der Waals surface area contributed by atoms with E-state index >= 15 is 0 Å². The second kappa shape index (κ2) is 2.35. The minimum absolute atomic E-state index is 0.160. The second-order valence-electron chi connectivity index (χ2n) is 2.34. The van der Waals surface area contributed by atoms with Gasteiger partial charge in [-0.1, -0.05) is 0 Å². The Balaban J connectivity index is 2.49. The Labute approximate surface area is 55.0 Å². The molecule has 1 saturated heterocycles. The highest BCUT2D eigenvalue weighted by molar-refractivity contribution is 5.73. The van der Waals surface area contributed by atoms with Gasteiger partial charge in [-0.2, -0.15) is 0 Å². The van der Waals surface area contributed by atoms with Crippen molar-refractivity contribution in [3.05, 3.63) is 0 Å². The quantitative estimate of drug-likeness (QED) is 0.489. The molecule has 1 amide bonds. The van der Waals surface area contributed by atoms with E-state index in [0.29, 0.717) is 0 Å². The molecule has 1 atom stereocenters. The highest BCUT2D eigenvalue weighted by Gasteiger charge is 2.20. The zero-order chi connectivity index (χ0) is 6.85. The maximum Gasteiger partial charge on any atom is 0.220 e. The van der Waals surface area contributed by atoms with Crippen LogP contribution in [-0.2, 0) is 4.79 Å². The van der Waals surface area contributed by atoms with Crippen LogP contribution in [0.15, 0.2) is 0 Å². The monoisotopic (exact) mass is 128 g/mol. The van der Waals surface area contributed by atoms with E-state index in [9.17, 15) is 4.79 Å². The highest BCUT2D eigenvalue weighted by Crippen LogP contribution is 2.00. The zero-order valence-corrected chi connectivity index (χ0v) is 5.85. The smallest absolute Gasteiger partial charge is 0.220 e. The summed E-state index contributed by atoms with van der Waals surface area (Å²) in [6.07, 6.45) is 0.238. The van der Waals surface area contributed by atoms with E-state index < -0.39 is 0 Å². The molecule has 1 unspecified atom stereocenters. The van der Waals surface area contributed by atoms with E-state index in [4.69, 9.17) is 0 Å². The van der Waals surface area contributed by atoms with Crippen molar-refractivity contribution < 1.29 is 4.79 Å². The van der Waals surface area contributed by atoms with Crippen LogP contribution in [0.2, 0.25) is 0 Å². The summed E-state index contributed by atoms with van der Waals surface area (Å²) in [6.45, 7) is 5.38. The average Bonchev–Trinajstić information content (AvgIpc) is 2.13.